The highest BCUT2D eigenvalue weighted by atomic mass is 35.5. The number of nitrogens with two attached hydrogens (primary N) is 1. The summed E-state index contributed by atoms with van der Waals surface area (Å²) in [5.41, 5.74) is 6.23. The average molecular weight is 226 g/mol. The van der Waals surface area contributed by atoms with Gasteiger partial charge in [-0.25, -0.2) is 4.52 Å². The molecule has 0 aliphatic rings. The second-order valence-electron chi connectivity index (χ2n) is 2.96. The highest BCUT2D eigenvalue weighted by Crippen LogP contribution is 2.19. The van der Waals surface area contributed by atoms with Gasteiger partial charge in [0.05, 0.1) is 0 Å². The van der Waals surface area contributed by atoms with Crippen molar-refractivity contribution in [2.75, 3.05) is 11.1 Å². The molecule has 2 aromatic rings. The Labute approximate surface area is 90.0 Å². The van der Waals surface area contributed by atoms with Crippen LogP contribution in [0.25, 0.3) is 5.52 Å². The van der Waals surface area contributed by atoms with Crippen molar-refractivity contribution >= 4 is 34.7 Å². The first-order chi connectivity index (χ1) is 7.08. The molecule has 0 radical (unpaired) electrons. The first kappa shape index (κ1) is 9.72. The van der Waals surface area contributed by atoms with Gasteiger partial charge in [0.15, 0.2) is 5.82 Å². The molecule has 2 aromatic heterocycles. The zero-order valence-electron chi connectivity index (χ0n) is 7.86. The van der Waals surface area contributed by atoms with Crippen LogP contribution in [-0.4, -0.2) is 20.5 Å². The minimum absolute atomic E-state index is 0.0304. The fourth-order valence-electron chi connectivity index (χ4n) is 1.27. The molecule has 2 heterocycles. The first-order valence-electron chi connectivity index (χ1n) is 4.16. The summed E-state index contributed by atoms with van der Waals surface area (Å²) < 4.78 is 1.44. The van der Waals surface area contributed by atoms with Crippen LogP contribution in [0.5, 0.6) is 0 Å². The maximum Gasteiger partial charge on any atom is 0.243 e. The van der Waals surface area contributed by atoms with Gasteiger partial charge in [-0.05, 0) is 23.7 Å². The smallest absolute Gasteiger partial charge is 0.243 e. The maximum atomic E-state index is 10.9. The largest absolute Gasteiger partial charge is 0.382 e. The number of nitrogens with one attached hydrogen (secondary N) is 1. The Morgan fingerprint density at radius 3 is 3.00 bits per heavy atom. The van der Waals surface area contributed by atoms with Crippen molar-refractivity contribution in [1.29, 1.82) is 0 Å². The monoisotopic (exact) mass is 225 g/mol. The lowest BCUT2D eigenvalue weighted by Gasteiger charge is -2.03. The summed E-state index contributed by atoms with van der Waals surface area (Å²) in [7, 11) is 0. The van der Waals surface area contributed by atoms with Gasteiger partial charge >= 0.3 is 0 Å². The molecule has 0 aliphatic heterocycles. The van der Waals surface area contributed by atoms with Gasteiger partial charge < -0.3 is 11.1 Å². The summed E-state index contributed by atoms with van der Waals surface area (Å²) in [6, 6.07) is 3.38. The molecule has 0 unspecified atom stereocenters. The predicted molar refractivity (Wildman–Crippen MR) is 56.7 cm³/mol. The number of fused-ring (bicyclic) bond motifs is 1. The molecular weight excluding hydrogens is 218 g/mol. The molecule has 7 heteroatoms. The third-order valence-electron chi connectivity index (χ3n) is 1.82. The summed E-state index contributed by atoms with van der Waals surface area (Å²) >= 11 is 5.65. The number of anilines is 2. The van der Waals surface area contributed by atoms with E-state index in [1.165, 1.54) is 11.4 Å². The van der Waals surface area contributed by atoms with Crippen LogP contribution in [0.4, 0.5) is 11.6 Å². The second kappa shape index (κ2) is 3.39. The summed E-state index contributed by atoms with van der Waals surface area (Å²) in [5.74, 6) is 0.586. The van der Waals surface area contributed by atoms with Crippen molar-refractivity contribution < 1.29 is 4.79 Å². The molecule has 0 aliphatic carbocycles. The van der Waals surface area contributed by atoms with Crippen molar-refractivity contribution in [2.45, 2.75) is 6.92 Å². The van der Waals surface area contributed by atoms with Gasteiger partial charge in [0.2, 0.25) is 11.2 Å². The van der Waals surface area contributed by atoms with E-state index in [4.69, 9.17) is 17.3 Å². The van der Waals surface area contributed by atoms with Crippen molar-refractivity contribution in [1.82, 2.24) is 14.6 Å². The Balaban J connectivity index is 2.63. The standard InChI is InChI=1S/C8H8ClN5O/c1-4(15)11-6-3-2-5-7(10)12-8(9)13-14(5)6/h2-3H,1H3,(H,11,15)(H2,10,12,13). The summed E-state index contributed by atoms with van der Waals surface area (Å²) in [5, 5.41) is 6.56. The van der Waals surface area contributed by atoms with Crippen LogP contribution in [0.1, 0.15) is 6.92 Å². The molecule has 0 saturated heterocycles. The van der Waals surface area contributed by atoms with E-state index in [-0.39, 0.29) is 17.0 Å². The van der Waals surface area contributed by atoms with E-state index in [1.54, 1.807) is 12.1 Å². The van der Waals surface area contributed by atoms with E-state index in [2.05, 4.69) is 15.4 Å². The van der Waals surface area contributed by atoms with E-state index in [0.29, 0.717) is 11.3 Å². The van der Waals surface area contributed by atoms with Crippen LogP contribution < -0.4 is 11.1 Å². The van der Waals surface area contributed by atoms with Gasteiger partial charge in [-0.1, -0.05) is 0 Å². The quantitative estimate of drug-likeness (QED) is 0.756. The van der Waals surface area contributed by atoms with Gasteiger partial charge in [0.1, 0.15) is 11.3 Å². The Morgan fingerprint density at radius 2 is 2.33 bits per heavy atom. The van der Waals surface area contributed by atoms with E-state index >= 15 is 0 Å². The molecule has 78 valence electrons. The lowest BCUT2D eigenvalue weighted by atomic mass is 10.5. The Morgan fingerprint density at radius 1 is 1.60 bits per heavy atom. The molecule has 6 nitrogen and oxygen atoms in total. The molecule has 0 aromatic carbocycles. The number of rotatable bonds is 1. The molecule has 0 spiro atoms. The SMILES string of the molecule is CC(=O)Nc1ccc2c(N)nc(Cl)nn12. The number of carbonyl (C=O) groups is 1. The number of amides is 1. The Kier molecular flexibility index (Phi) is 2.20. The van der Waals surface area contributed by atoms with Crippen LogP contribution in [0.3, 0.4) is 0 Å². The van der Waals surface area contributed by atoms with Gasteiger partial charge in [-0.2, -0.15) is 4.98 Å². The van der Waals surface area contributed by atoms with Crippen LogP contribution in [-0.2, 0) is 4.79 Å². The van der Waals surface area contributed by atoms with Crippen molar-refractivity contribution in [3.8, 4) is 0 Å². The predicted octanol–water partition coefficient (Wildman–Crippen LogP) is 0.923. The molecule has 2 rings (SSSR count). The number of hydrogen-bond acceptors (Lipinski definition) is 4. The van der Waals surface area contributed by atoms with E-state index in [0.717, 1.165) is 0 Å². The Hall–Kier alpha value is -1.82. The fourth-order valence-corrected chi connectivity index (χ4v) is 1.43. The zero-order valence-corrected chi connectivity index (χ0v) is 8.62. The fraction of sp³-hybridized carbons (Fsp3) is 0.125. The van der Waals surface area contributed by atoms with Crippen LogP contribution >= 0.6 is 11.6 Å². The summed E-state index contributed by atoms with van der Waals surface area (Å²) in [6.07, 6.45) is 0. The molecule has 0 bridgehead atoms. The second-order valence-corrected chi connectivity index (χ2v) is 3.30. The van der Waals surface area contributed by atoms with Gasteiger partial charge in [-0.15, -0.1) is 5.10 Å². The number of hydrogen-bond donors (Lipinski definition) is 2. The van der Waals surface area contributed by atoms with Crippen LogP contribution in [0.15, 0.2) is 12.1 Å². The van der Waals surface area contributed by atoms with Gasteiger partial charge in [0.25, 0.3) is 0 Å². The number of nitrogen functional groups attached to an aromatic ring is 1. The first-order valence-corrected chi connectivity index (χ1v) is 4.54. The number of aromatic nitrogens is 3. The van der Waals surface area contributed by atoms with Crippen LogP contribution in [0.2, 0.25) is 5.28 Å². The average Bonchev–Trinajstić information content (AvgIpc) is 2.48. The third-order valence-corrected chi connectivity index (χ3v) is 1.98. The number of carbonyl (C=O) groups excluding carboxylic acids is 1. The van der Waals surface area contributed by atoms with E-state index in [1.807, 2.05) is 0 Å². The molecule has 15 heavy (non-hydrogen) atoms. The highest BCUT2D eigenvalue weighted by molar-refractivity contribution is 6.28. The molecule has 1 amide bonds. The molecule has 0 fully saturated rings. The van der Waals surface area contributed by atoms with Crippen molar-refractivity contribution in [3.05, 3.63) is 17.4 Å². The zero-order chi connectivity index (χ0) is 11.0. The molecule has 3 N–H and O–H groups in total. The van der Waals surface area contributed by atoms with E-state index < -0.39 is 0 Å². The third kappa shape index (κ3) is 1.71. The summed E-state index contributed by atoms with van der Waals surface area (Å²) in [6.45, 7) is 1.41. The summed E-state index contributed by atoms with van der Waals surface area (Å²) in [4.78, 5) is 14.7. The lowest BCUT2D eigenvalue weighted by molar-refractivity contribution is -0.114. The number of nitrogens with zero attached hydrogens (tertiary/aromatic N) is 3. The normalized spacial score (nSPS) is 10.5. The van der Waals surface area contributed by atoms with Crippen LogP contribution in [0, 0.1) is 0 Å². The van der Waals surface area contributed by atoms with E-state index in [9.17, 15) is 4.79 Å². The minimum Gasteiger partial charge on any atom is -0.382 e. The molecule has 0 atom stereocenters. The Bertz CT molecular complexity index is 535. The van der Waals surface area contributed by atoms with Crippen molar-refractivity contribution in [2.24, 2.45) is 0 Å². The van der Waals surface area contributed by atoms with Crippen molar-refractivity contribution in [3.63, 3.8) is 0 Å². The molecular formula is C8H8ClN5O. The molecule has 0 saturated carbocycles. The topological polar surface area (TPSA) is 85.3 Å². The minimum atomic E-state index is -0.191. The maximum absolute atomic E-state index is 10.9. The highest BCUT2D eigenvalue weighted by Gasteiger charge is 2.08. The van der Waals surface area contributed by atoms with Gasteiger partial charge in [0, 0.05) is 6.92 Å². The van der Waals surface area contributed by atoms with Gasteiger partial charge in [-0.3, -0.25) is 4.79 Å². The lowest BCUT2D eigenvalue weighted by Crippen LogP contribution is -2.10. The number of halogens is 1.